The minimum Gasteiger partial charge on any atom is -0.453 e. The predicted molar refractivity (Wildman–Crippen MR) is 213 cm³/mol. The summed E-state index contributed by atoms with van der Waals surface area (Å²) in [4.78, 5) is 69.3. The van der Waals surface area contributed by atoms with Gasteiger partial charge in [0.1, 0.15) is 23.7 Å². The maximum Gasteiger partial charge on any atom is 0.407 e. The summed E-state index contributed by atoms with van der Waals surface area (Å²) in [5.74, 6) is 0.833. The van der Waals surface area contributed by atoms with E-state index in [9.17, 15) is 19.2 Å². The summed E-state index contributed by atoms with van der Waals surface area (Å²) < 4.78 is 9.54. The molecule has 4 fully saturated rings. The van der Waals surface area contributed by atoms with Crippen LogP contribution in [0.5, 0.6) is 0 Å². The number of hydrogen-bond donors (Lipinski definition) is 5. The number of amides is 4. The smallest absolute Gasteiger partial charge is 0.407 e. The molecular formula is C43H54N8O6. The number of ether oxygens (including phenoxy) is 2. The van der Waals surface area contributed by atoms with Gasteiger partial charge in [0.15, 0.2) is 0 Å². The van der Waals surface area contributed by atoms with Crippen molar-refractivity contribution in [3.05, 3.63) is 95.5 Å². The van der Waals surface area contributed by atoms with Crippen LogP contribution in [-0.2, 0) is 29.9 Å². The van der Waals surface area contributed by atoms with Gasteiger partial charge < -0.3 is 40.3 Å². The van der Waals surface area contributed by atoms with Crippen LogP contribution in [0.1, 0.15) is 119 Å². The summed E-state index contributed by atoms with van der Waals surface area (Å²) in [6.45, 7) is 6.21. The number of benzene rings is 2. The molecule has 8 rings (SSSR count). The van der Waals surface area contributed by atoms with Crippen LogP contribution < -0.4 is 16.0 Å². The fourth-order valence-corrected chi connectivity index (χ4v) is 9.19. The van der Waals surface area contributed by atoms with Gasteiger partial charge in [-0.05, 0) is 86.3 Å². The van der Waals surface area contributed by atoms with Gasteiger partial charge in [0.25, 0.3) is 5.91 Å². The minimum absolute atomic E-state index is 0.0296. The van der Waals surface area contributed by atoms with E-state index in [2.05, 4.69) is 50.2 Å². The van der Waals surface area contributed by atoms with Crippen molar-refractivity contribution in [2.24, 2.45) is 5.92 Å². The Labute approximate surface area is 333 Å². The minimum atomic E-state index is -0.868. The van der Waals surface area contributed by atoms with E-state index >= 15 is 0 Å². The van der Waals surface area contributed by atoms with Crippen LogP contribution in [0.15, 0.2) is 67.0 Å². The highest BCUT2D eigenvalue weighted by Gasteiger charge is 2.51. The Morgan fingerprint density at radius 2 is 1.44 bits per heavy atom. The third kappa shape index (κ3) is 7.99. The molecule has 5 N–H and O–H groups in total. The number of alkyl carbamates (subject to hydrolysis) is 2. The van der Waals surface area contributed by atoms with Crippen LogP contribution >= 0.6 is 0 Å². The first-order chi connectivity index (χ1) is 27.5. The lowest BCUT2D eigenvalue weighted by Crippen LogP contribution is -2.50. The maximum absolute atomic E-state index is 13.9. The number of methoxy groups -OCH3 is 2. The van der Waals surface area contributed by atoms with Crippen LogP contribution in [0.4, 0.5) is 9.59 Å². The van der Waals surface area contributed by atoms with E-state index in [4.69, 9.17) is 19.4 Å². The molecule has 0 spiro atoms. The van der Waals surface area contributed by atoms with Gasteiger partial charge in [0, 0.05) is 23.9 Å². The first-order valence-electron chi connectivity index (χ1n) is 20.0. The Balaban J connectivity index is 0.984. The predicted octanol–water partition coefficient (Wildman–Crippen LogP) is 6.66. The Morgan fingerprint density at radius 3 is 2.09 bits per heavy atom. The van der Waals surface area contributed by atoms with Crippen LogP contribution in [0.3, 0.4) is 0 Å². The van der Waals surface area contributed by atoms with E-state index in [1.54, 1.807) is 0 Å². The number of likely N-dealkylation sites (tertiary alicyclic amines) is 1. The van der Waals surface area contributed by atoms with Crippen LogP contribution in [0.2, 0.25) is 0 Å². The molecule has 4 atom stereocenters. The zero-order valence-corrected chi connectivity index (χ0v) is 33.4. The number of carbonyl (C=O) groups is 4. The number of rotatable bonds is 12. The highest BCUT2D eigenvalue weighted by Crippen LogP contribution is 2.58. The monoisotopic (exact) mass is 778 g/mol. The average molecular weight is 779 g/mol. The normalized spacial score (nSPS) is 23.1. The first kappa shape index (κ1) is 39.6. The Hall–Kier alpha value is -5.66. The Morgan fingerprint density at radius 1 is 0.789 bits per heavy atom. The molecule has 2 aromatic heterocycles. The summed E-state index contributed by atoms with van der Waals surface area (Å²) in [7, 11) is 2.57. The number of fused-ring (bicyclic) bond motifs is 3. The molecular weight excluding hydrogens is 725 g/mol. The zero-order valence-electron chi connectivity index (χ0n) is 33.4. The van der Waals surface area contributed by atoms with Crippen molar-refractivity contribution in [2.75, 3.05) is 20.8 Å². The molecule has 1 saturated heterocycles. The lowest BCUT2D eigenvalue weighted by atomic mass is 9.51. The van der Waals surface area contributed by atoms with Gasteiger partial charge in [-0.1, -0.05) is 68.4 Å². The lowest BCUT2D eigenvalue weighted by Gasteiger charge is -2.53. The van der Waals surface area contributed by atoms with Crippen molar-refractivity contribution in [1.82, 2.24) is 40.8 Å². The molecule has 14 nitrogen and oxygen atoms in total. The molecule has 2 bridgehead atoms. The molecule has 4 amide bonds. The summed E-state index contributed by atoms with van der Waals surface area (Å²) >= 11 is 0. The second-order valence-electron chi connectivity index (χ2n) is 16.3. The van der Waals surface area contributed by atoms with E-state index in [0.29, 0.717) is 17.9 Å². The standard InChI is InChI=1S/C43H54N8O6/c1-26(2)34(49-40(54)56-4)38(52)46-27(3)36-45-25-33(48-36)43-20-17-42(18-21-43,19-22-43)30-15-13-28(14-16-30)31-24-44-37(47-31)32-12-9-23-51(32)39(53)35(50-41(55)57-5)29-10-7-6-8-11-29/h6-8,10-11,13-16,24-27,32,34-35H,9,12,17-23H2,1-5H3,(H,44,47)(H,45,48)(H,46,52)(H,49,54)(H,50,55)/t27-,32-,34-,35?,42?,43?/m0/s1. The van der Waals surface area contributed by atoms with Crippen molar-refractivity contribution >= 4 is 24.0 Å². The molecule has 4 aromatic rings. The molecule has 14 heteroatoms. The quantitative estimate of drug-likeness (QED) is 0.106. The van der Waals surface area contributed by atoms with Crippen molar-refractivity contribution < 1.29 is 28.7 Å². The SMILES string of the molecule is COC(=O)NC(C(=O)N1CCC[C@H]1c1ncc(-c2ccc(C34CCC(c5cnc([C@H](C)NC(=O)[C@@H](NC(=O)OC)C(C)C)[nH]5)(CC3)CC4)cc2)[nH]1)c1ccccc1. The number of hydrogen-bond acceptors (Lipinski definition) is 8. The van der Waals surface area contributed by atoms with Crippen molar-refractivity contribution in [1.29, 1.82) is 0 Å². The van der Waals surface area contributed by atoms with Gasteiger partial charge in [-0.15, -0.1) is 0 Å². The van der Waals surface area contributed by atoms with E-state index in [1.165, 1.54) is 19.8 Å². The second kappa shape index (κ2) is 16.4. The summed E-state index contributed by atoms with van der Waals surface area (Å²) in [6, 6.07) is 15.9. The topological polar surface area (TPSA) is 183 Å². The summed E-state index contributed by atoms with van der Waals surface area (Å²) in [5.41, 5.74) is 5.26. The van der Waals surface area contributed by atoms with Crippen LogP contribution in [-0.4, -0.2) is 75.6 Å². The van der Waals surface area contributed by atoms with Gasteiger partial charge in [0.05, 0.1) is 38.2 Å². The highest BCUT2D eigenvalue weighted by atomic mass is 16.5. The number of H-pyrrole nitrogens is 2. The van der Waals surface area contributed by atoms with E-state index in [0.717, 1.165) is 74.1 Å². The summed E-state index contributed by atoms with van der Waals surface area (Å²) in [6.07, 6.45) is 10.5. The molecule has 3 saturated carbocycles. The number of nitrogens with zero attached hydrogens (tertiary/aromatic N) is 3. The van der Waals surface area contributed by atoms with Gasteiger partial charge >= 0.3 is 12.2 Å². The fourth-order valence-electron chi connectivity index (χ4n) is 9.19. The van der Waals surface area contributed by atoms with Gasteiger partial charge in [-0.25, -0.2) is 19.6 Å². The number of carbonyl (C=O) groups excluding carboxylic acids is 4. The van der Waals surface area contributed by atoms with Gasteiger partial charge in [0.2, 0.25) is 5.91 Å². The molecule has 2 aromatic carbocycles. The first-order valence-corrected chi connectivity index (χ1v) is 20.0. The molecule has 3 heterocycles. The molecule has 1 unspecified atom stereocenters. The molecule has 3 aliphatic carbocycles. The van der Waals surface area contributed by atoms with Gasteiger partial charge in [-0.3, -0.25) is 9.59 Å². The van der Waals surface area contributed by atoms with E-state index in [1.807, 2.05) is 68.4 Å². The zero-order chi connectivity index (χ0) is 40.3. The molecule has 302 valence electrons. The van der Waals surface area contributed by atoms with E-state index < -0.39 is 24.3 Å². The maximum atomic E-state index is 13.9. The third-order valence-electron chi connectivity index (χ3n) is 12.7. The molecule has 4 aliphatic rings. The highest BCUT2D eigenvalue weighted by molar-refractivity contribution is 5.87. The Kier molecular flexibility index (Phi) is 11.4. The number of aromatic amines is 2. The van der Waals surface area contributed by atoms with Crippen LogP contribution in [0, 0.1) is 5.92 Å². The average Bonchev–Trinajstić information content (AvgIpc) is 4.05. The van der Waals surface area contributed by atoms with E-state index in [-0.39, 0.29) is 40.6 Å². The molecule has 1 aliphatic heterocycles. The molecule has 0 radical (unpaired) electrons. The van der Waals surface area contributed by atoms with Crippen molar-refractivity contribution in [2.45, 2.75) is 107 Å². The molecule has 57 heavy (non-hydrogen) atoms. The second-order valence-corrected chi connectivity index (χ2v) is 16.3. The van der Waals surface area contributed by atoms with Crippen LogP contribution in [0.25, 0.3) is 11.3 Å². The number of nitrogens with one attached hydrogen (secondary N) is 5. The fraction of sp³-hybridized carbons (Fsp3) is 0.488. The largest absolute Gasteiger partial charge is 0.453 e. The third-order valence-corrected chi connectivity index (χ3v) is 12.7. The van der Waals surface area contributed by atoms with Gasteiger partial charge in [-0.2, -0.15) is 0 Å². The number of imidazole rings is 2. The number of aromatic nitrogens is 4. The summed E-state index contributed by atoms with van der Waals surface area (Å²) in [5, 5.41) is 8.36. The Bertz CT molecular complexity index is 2040. The van der Waals surface area contributed by atoms with Crippen molar-refractivity contribution in [3.8, 4) is 11.3 Å². The van der Waals surface area contributed by atoms with Crippen molar-refractivity contribution in [3.63, 3.8) is 0 Å². The lowest BCUT2D eigenvalue weighted by molar-refractivity contribution is -0.134.